The Morgan fingerprint density at radius 3 is 2.65 bits per heavy atom. The van der Waals surface area contributed by atoms with Crippen molar-refractivity contribution in [3.8, 4) is 0 Å². The Hall–Kier alpha value is -3.74. The lowest BCUT2D eigenvalue weighted by Gasteiger charge is -2.22. The van der Waals surface area contributed by atoms with Crippen LogP contribution in [0.2, 0.25) is 0 Å². The number of nitrogens with one attached hydrogen (secondary N) is 1. The first-order valence-electron chi connectivity index (χ1n) is 10.2. The number of carbonyl (C=O) groups is 2. The summed E-state index contributed by atoms with van der Waals surface area (Å²) in [5.41, 5.74) is 3.77. The highest BCUT2D eigenvalue weighted by Crippen LogP contribution is 2.25. The van der Waals surface area contributed by atoms with Gasteiger partial charge in [0, 0.05) is 30.8 Å². The van der Waals surface area contributed by atoms with Crippen molar-refractivity contribution in [2.75, 3.05) is 0 Å². The van der Waals surface area contributed by atoms with E-state index in [0.29, 0.717) is 18.4 Å². The van der Waals surface area contributed by atoms with E-state index in [0.717, 1.165) is 27.7 Å². The minimum Gasteiger partial charge on any atom is -0.550 e. The first-order chi connectivity index (χ1) is 14.9. The van der Waals surface area contributed by atoms with Crippen molar-refractivity contribution in [3.63, 3.8) is 0 Å². The molecular weight excluding hydrogens is 394 g/mol. The Kier molecular flexibility index (Phi) is 5.66. The van der Waals surface area contributed by atoms with Crippen LogP contribution in [0.15, 0.2) is 64.5 Å². The lowest BCUT2D eigenvalue weighted by Crippen LogP contribution is -2.36. The zero-order chi connectivity index (χ0) is 22.0. The van der Waals surface area contributed by atoms with Crippen molar-refractivity contribution in [1.29, 1.82) is 0 Å². The van der Waals surface area contributed by atoms with Gasteiger partial charge in [0.1, 0.15) is 0 Å². The van der Waals surface area contributed by atoms with E-state index < -0.39 is 11.9 Å². The number of hydrogen-bond donors (Lipinski definition) is 1. The highest BCUT2D eigenvalue weighted by molar-refractivity contribution is 6.03. The van der Waals surface area contributed by atoms with E-state index in [1.165, 1.54) is 5.01 Å². The Balaban J connectivity index is 1.64. The van der Waals surface area contributed by atoms with Gasteiger partial charge in [0.25, 0.3) is 5.56 Å². The van der Waals surface area contributed by atoms with Crippen molar-refractivity contribution in [3.05, 3.63) is 81.6 Å². The summed E-state index contributed by atoms with van der Waals surface area (Å²) in [5, 5.41) is 17.6. The summed E-state index contributed by atoms with van der Waals surface area (Å²) in [5.74, 6) is -1.68. The predicted octanol–water partition coefficient (Wildman–Crippen LogP) is 1.91. The minimum atomic E-state index is -1.28. The van der Waals surface area contributed by atoms with Gasteiger partial charge in [-0.2, -0.15) is 5.10 Å². The number of carboxylic acid groups (broad SMARTS) is 1. The third kappa shape index (κ3) is 4.40. The second kappa shape index (κ2) is 8.55. The van der Waals surface area contributed by atoms with Crippen molar-refractivity contribution in [2.45, 2.75) is 38.6 Å². The van der Waals surface area contributed by atoms with Crippen LogP contribution in [0.5, 0.6) is 0 Å². The monoisotopic (exact) mass is 416 g/mol. The number of nitrogens with zero attached hydrogens (tertiary/aromatic N) is 2. The number of para-hydroxylation sites is 1. The molecule has 3 aromatic rings. The average molecular weight is 416 g/mol. The van der Waals surface area contributed by atoms with E-state index in [2.05, 4.69) is 10.1 Å². The van der Waals surface area contributed by atoms with E-state index in [4.69, 9.17) is 0 Å². The molecule has 4 rings (SSSR count). The number of amides is 1. The predicted molar refractivity (Wildman–Crippen MR) is 115 cm³/mol. The maximum Gasteiger partial charge on any atom is 0.251 e. The molecule has 1 aromatic heterocycles. The lowest BCUT2D eigenvalue weighted by molar-refractivity contribution is -0.305. The van der Waals surface area contributed by atoms with Crippen LogP contribution in [0.1, 0.15) is 36.0 Å². The largest absolute Gasteiger partial charge is 0.550 e. The topological polar surface area (TPSA) is 106 Å². The number of aryl methyl sites for hydroxylation is 1. The molecular formula is C24H22N3O4-. The number of hydrazone groups is 1. The Morgan fingerprint density at radius 2 is 1.90 bits per heavy atom. The number of carbonyl (C=O) groups excluding carboxylic acids is 2. The highest BCUT2D eigenvalue weighted by atomic mass is 16.4. The number of aromatic nitrogens is 1. The first kappa shape index (κ1) is 20.5. The molecule has 1 atom stereocenters. The molecule has 0 aliphatic carbocycles. The molecule has 2 heterocycles. The molecule has 31 heavy (non-hydrogen) atoms. The number of benzene rings is 2. The van der Waals surface area contributed by atoms with Gasteiger partial charge in [-0.1, -0.05) is 48.5 Å². The molecule has 0 bridgehead atoms. The summed E-state index contributed by atoms with van der Waals surface area (Å²) in [7, 11) is 0. The van der Waals surface area contributed by atoms with Crippen LogP contribution in [0, 0.1) is 6.92 Å². The molecule has 1 aliphatic heterocycles. The van der Waals surface area contributed by atoms with Gasteiger partial charge in [0.15, 0.2) is 0 Å². The Morgan fingerprint density at radius 1 is 1.13 bits per heavy atom. The third-order valence-electron chi connectivity index (χ3n) is 5.53. The van der Waals surface area contributed by atoms with Crippen LogP contribution in [0.25, 0.3) is 10.9 Å². The molecule has 7 nitrogen and oxygen atoms in total. The maximum absolute atomic E-state index is 12.7. The number of fused-ring (bicyclic) bond motifs is 1. The molecule has 158 valence electrons. The fraction of sp³-hybridized carbons (Fsp3) is 0.250. The number of rotatable bonds is 6. The van der Waals surface area contributed by atoms with E-state index >= 15 is 0 Å². The van der Waals surface area contributed by atoms with Crippen molar-refractivity contribution >= 4 is 28.5 Å². The third-order valence-corrected chi connectivity index (χ3v) is 5.53. The number of pyridine rings is 1. The number of hydrogen-bond acceptors (Lipinski definition) is 5. The number of aromatic amines is 1. The second-order valence-electron chi connectivity index (χ2n) is 7.75. The fourth-order valence-electron chi connectivity index (χ4n) is 3.94. The number of H-pyrrole nitrogens is 1. The second-order valence-corrected chi connectivity index (χ2v) is 7.75. The van der Waals surface area contributed by atoms with Gasteiger partial charge in [-0.3, -0.25) is 9.59 Å². The molecule has 0 saturated heterocycles. The molecule has 1 N–H and O–H groups in total. The van der Waals surface area contributed by atoms with Crippen LogP contribution < -0.4 is 10.7 Å². The van der Waals surface area contributed by atoms with Gasteiger partial charge < -0.3 is 14.9 Å². The quantitative estimate of drug-likeness (QED) is 0.663. The fourth-order valence-corrected chi connectivity index (χ4v) is 3.94. The lowest BCUT2D eigenvalue weighted by atomic mass is 9.98. The van der Waals surface area contributed by atoms with Crippen molar-refractivity contribution < 1.29 is 14.7 Å². The standard InChI is InChI=1S/C24H23N3O4/c1-15-6-5-9-17-12-18(24(31)25-23(15)17)13-19-14-20(16-7-3-2-4-8-16)26-27(19)21(28)10-11-22(29)30/h2-9,12,19H,10-11,13-14H2,1H3,(H,25,31)(H,29,30)/p-1/t19-/m0/s1. The highest BCUT2D eigenvalue weighted by Gasteiger charge is 2.32. The zero-order valence-corrected chi connectivity index (χ0v) is 17.1. The first-order valence-corrected chi connectivity index (χ1v) is 10.2. The summed E-state index contributed by atoms with van der Waals surface area (Å²) in [6.45, 7) is 1.94. The average Bonchev–Trinajstić information content (AvgIpc) is 3.18. The summed E-state index contributed by atoms with van der Waals surface area (Å²) >= 11 is 0. The van der Waals surface area contributed by atoms with Gasteiger partial charge >= 0.3 is 0 Å². The van der Waals surface area contributed by atoms with Crippen LogP contribution in [0.4, 0.5) is 0 Å². The molecule has 0 fully saturated rings. The smallest absolute Gasteiger partial charge is 0.251 e. The van der Waals surface area contributed by atoms with Gasteiger partial charge in [-0.25, -0.2) is 5.01 Å². The summed E-state index contributed by atoms with van der Waals surface area (Å²) in [4.78, 5) is 39.2. The SMILES string of the molecule is Cc1cccc2cc(C[C@H]3CC(c4ccccc4)=NN3C(=O)CCC(=O)[O-])c(=O)[nH]c12. The normalized spacial score (nSPS) is 15.8. The van der Waals surface area contributed by atoms with Crippen molar-refractivity contribution in [1.82, 2.24) is 9.99 Å². The Labute approximate surface area is 179 Å². The van der Waals surface area contributed by atoms with E-state index in [-0.39, 0.29) is 24.4 Å². The van der Waals surface area contributed by atoms with E-state index in [9.17, 15) is 19.5 Å². The molecule has 0 spiro atoms. The van der Waals surface area contributed by atoms with Gasteiger partial charge in [-0.05, 0) is 35.9 Å². The van der Waals surface area contributed by atoms with Crippen LogP contribution in [0.3, 0.4) is 0 Å². The van der Waals surface area contributed by atoms with Crippen LogP contribution in [-0.2, 0) is 16.0 Å². The van der Waals surface area contributed by atoms with Gasteiger partial charge in [0.05, 0.1) is 17.3 Å². The molecule has 1 amide bonds. The van der Waals surface area contributed by atoms with E-state index in [1.807, 2.05) is 61.5 Å². The van der Waals surface area contributed by atoms with Gasteiger partial charge in [-0.15, -0.1) is 0 Å². The number of aliphatic carboxylic acids is 1. The maximum atomic E-state index is 12.7. The molecule has 2 aromatic carbocycles. The van der Waals surface area contributed by atoms with Crippen LogP contribution in [-0.4, -0.2) is 33.6 Å². The molecule has 0 saturated carbocycles. The summed E-state index contributed by atoms with van der Waals surface area (Å²) in [6.07, 6.45) is 0.230. The zero-order valence-electron chi connectivity index (χ0n) is 17.1. The van der Waals surface area contributed by atoms with E-state index in [1.54, 1.807) is 0 Å². The summed E-state index contributed by atoms with van der Waals surface area (Å²) < 4.78 is 0. The molecule has 0 unspecified atom stereocenters. The van der Waals surface area contributed by atoms with Crippen LogP contribution >= 0.6 is 0 Å². The number of carboxylic acids is 1. The Bertz CT molecular complexity index is 1230. The molecule has 7 heteroatoms. The minimum absolute atomic E-state index is 0.197. The van der Waals surface area contributed by atoms with Gasteiger partial charge in [0.2, 0.25) is 5.91 Å². The molecule has 0 radical (unpaired) electrons. The molecule has 1 aliphatic rings. The van der Waals surface area contributed by atoms with Crippen molar-refractivity contribution in [2.24, 2.45) is 5.10 Å². The summed E-state index contributed by atoms with van der Waals surface area (Å²) in [6, 6.07) is 16.8.